The van der Waals surface area contributed by atoms with Gasteiger partial charge in [0.25, 0.3) is 11.5 Å². The van der Waals surface area contributed by atoms with Gasteiger partial charge in [0.1, 0.15) is 22.9 Å². The zero-order valence-corrected chi connectivity index (χ0v) is 20.0. The van der Waals surface area contributed by atoms with E-state index in [1.807, 2.05) is 42.2 Å². The molecular formula is C27H28F2N4O3. The average Bonchev–Trinajstić information content (AvgIpc) is 3.54. The van der Waals surface area contributed by atoms with Crippen LogP contribution in [0, 0.1) is 17.6 Å². The fourth-order valence-electron chi connectivity index (χ4n) is 5.00. The summed E-state index contributed by atoms with van der Waals surface area (Å²) in [6, 6.07) is 10.3. The van der Waals surface area contributed by atoms with Crippen LogP contribution < -0.4 is 10.5 Å². The molecule has 1 saturated carbocycles. The van der Waals surface area contributed by atoms with Crippen LogP contribution >= 0.6 is 0 Å². The number of benzene rings is 1. The zero-order chi connectivity index (χ0) is 25.4. The van der Waals surface area contributed by atoms with Crippen LogP contribution in [0.4, 0.5) is 20.2 Å². The van der Waals surface area contributed by atoms with Crippen molar-refractivity contribution in [1.82, 2.24) is 14.9 Å². The summed E-state index contributed by atoms with van der Waals surface area (Å²) in [5, 5.41) is 11.4. The molecule has 188 valence electrons. The van der Waals surface area contributed by atoms with Gasteiger partial charge < -0.3 is 19.9 Å². The van der Waals surface area contributed by atoms with Crippen molar-refractivity contribution in [2.24, 2.45) is 5.92 Å². The first kappa shape index (κ1) is 24.0. The summed E-state index contributed by atoms with van der Waals surface area (Å²) in [4.78, 5) is 36.7. The van der Waals surface area contributed by atoms with Crippen molar-refractivity contribution in [3.05, 3.63) is 81.5 Å². The molecule has 1 aromatic carbocycles. The predicted molar refractivity (Wildman–Crippen MR) is 132 cm³/mol. The van der Waals surface area contributed by atoms with E-state index in [0.29, 0.717) is 36.7 Å². The highest BCUT2D eigenvalue weighted by Crippen LogP contribution is 2.41. The topological polar surface area (TPSA) is 89.5 Å². The van der Waals surface area contributed by atoms with Crippen LogP contribution in [-0.2, 0) is 6.42 Å². The van der Waals surface area contributed by atoms with Crippen LogP contribution in [-0.4, -0.2) is 45.5 Å². The number of nitrogens with one attached hydrogen (secondary N) is 1. The molecule has 3 aromatic rings. The molecule has 1 atom stereocenters. The minimum absolute atomic E-state index is 0.0894. The van der Waals surface area contributed by atoms with Crippen LogP contribution in [0.25, 0.3) is 0 Å². The molecule has 36 heavy (non-hydrogen) atoms. The summed E-state index contributed by atoms with van der Waals surface area (Å²) in [6.07, 6.45) is 4.09. The Hall–Kier alpha value is -3.75. The van der Waals surface area contributed by atoms with E-state index >= 15 is 0 Å². The monoisotopic (exact) mass is 494 g/mol. The number of anilines is 2. The van der Waals surface area contributed by atoms with E-state index in [9.17, 15) is 23.5 Å². The number of hydrogen-bond acceptors (Lipinski definition) is 5. The zero-order valence-electron chi connectivity index (χ0n) is 20.0. The van der Waals surface area contributed by atoms with Gasteiger partial charge in [-0.1, -0.05) is 18.2 Å². The number of halogens is 2. The van der Waals surface area contributed by atoms with E-state index in [0.717, 1.165) is 30.8 Å². The highest BCUT2D eigenvalue weighted by atomic mass is 19.1. The molecular weight excluding hydrogens is 466 g/mol. The number of aromatic amines is 1. The summed E-state index contributed by atoms with van der Waals surface area (Å²) in [5.41, 5.74) is 0.991. The molecule has 2 N–H and O–H groups in total. The van der Waals surface area contributed by atoms with E-state index < -0.39 is 29.0 Å². The Morgan fingerprint density at radius 3 is 2.64 bits per heavy atom. The van der Waals surface area contributed by atoms with Crippen molar-refractivity contribution in [3.63, 3.8) is 0 Å². The van der Waals surface area contributed by atoms with Crippen LogP contribution in [0.15, 0.2) is 47.4 Å². The number of H-pyrrole nitrogens is 1. The third-order valence-electron chi connectivity index (χ3n) is 6.99. The van der Waals surface area contributed by atoms with Gasteiger partial charge in [0, 0.05) is 43.0 Å². The molecule has 1 amide bonds. The number of pyridine rings is 2. The Labute approximate surface area is 207 Å². The summed E-state index contributed by atoms with van der Waals surface area (Å²) in [6.45, 7) is 2.82. The van der Waals surface area contributed by atoms with E-state index in [2.05, 4.69) is 9.97 Å². The van der Waals surface area contributed by atoms with Crippen LogP contribution in [0.2, 0.25) is 0 Å². The van der Waals surface area contributed by atoms with E-state index in [4.69, 9.17) is 0 Å². The summed E-state index contributed by atoms with van der Waals surface area (Å²) in [5.74, 6) is -2.49. The fraction of sp³-hybridized carbons (Fsp3) is 0.370. The van der Waals surface area contributed by atoms with Crippen LogP contribution in [0.1, 0.15) is 53.8 Å². The second-order valence-corrected chi connectivity index (χ2v) is 9.49. The molecule has 2 aliphatic rings. The van der Waals surface area contributed by atoms with Gasteiger partial charge in [-0.3, -0.25) is 14.6 Å². The van der Waals surface area contributed by atoms with Crippen molar-refractivity contribution in [2.45, 2.75) is 38.5 Å². The van der Waals surface area contributed by atoms with E-state index in [1.54, 1.807) is 0 Å². The molecule has 1 saturated heterocycles. The SMILES string of the molecule is CCN(c1ccccc1)c1c(CC2CC2)[nH]c(=O)c(C(=O)N2CCC(c3ncc(F)cc3F)C2)c1O. The lowest BCUT2D eigenvalue weighted by molar-refractivity contribution is 0.0785. The predicted octanol–water partition coefficient (Wildman–Crippen LogP) is 4.49. The van der Waals surface area contributed by atoms with Gasteiger partial charge in [-0.2, -0.15) is 0 Å². The second-order valence-electron chi connectivity index (χ2n) is 9.49. The summed E-state index contributed by atoms with van der Waals surface area (Å²) in [7, 11) is 0. The Morgan fingerprint density at radius 1 is 1.22 bits per heavy atom. The number of carbonyl (C=O) groups is 1. The van der Waals surface area contributed by atoms with Crippen molar-refractivity contribution < 1.29 is 18.7 Å². The number of nitrogens with zero attached hydrogens (tertiary/aromatic N) is 3. The minimum atomic E-state index is -0.767. The minimum Gasteiger partial charge on any atom is -0.505 e. The van der Waals surface area contributed by atoms with Crippen molar-refractivity contribution in [3.8, 4) is 5.75 Å². The molecule has 7 nitrogen and oxygen atoms in total. The van der Waals surface area contributed by atoms with Crippen molar-refractivity contribution in [1.29, 1.82) is 0 Å². The fourth-order valence-corrected chi connectivity index (χ4v) is 5.00. The van der Waals surface area contributed by atoms with E-state index in [-0.39, 0.29) is 30.1 Å². The lowest BCUT2D eigenvalue weighted by atomic mass is 10.0. The molecule has 0 spiro atoms. The first-order valence-corrected chi connectivity index (χ1v) is 12.3. The normalized spacial score (nSPS) is 17.4. The van der Waals surface area contributed by atoms with Gasteiger partial charge in [-0.25, -0.2) is 8.78 Å². The van der Waals surface area contributed by atoms with Crippen LogP contribution in [0.5, 0.6) is 5.75 Å². The third-order valence-corrected chi connectivity index (χ3v) is 6.99. The maximum Gasteiger partial charge on any atom is 0.264 e. The van der Waals surface area contributed by atoms with Crippen LogP contribution in [0.3, 0.4) is 0 Å². The highest BCUT2D eigenvalue weighted by Gasteiger charge is 2.35. The number of aromatic nitrogens is 2. The van der Waals surface area contributed by atoms with Gasteiger partial charge in [0.05, 0.1) is 11.9 Å². The summed E-state index contributed by atoms with van der Waals surface area (Å²) >= 11 is 0. The lowest BCUT2D eigenvalue weighted by Gasteiger charge is -2.28. The Kier molecular flexibility index (Phi) is 6.47. The van der Waals surface area contributed by atoms with Gasteiger partial charge in [-0.05, 0) is 50.7 Å². The Morgan fingerprint density at radius 2 is 1.97 bits per heavy atom. The lowest BCUT2D eigenvalue weighted by Crippen LogP contribution is -2.34. The first-order valence-electron chi connectivity index (χ1n) is 12.3. The summed E-state index contributed by atoms with van der Waals surface area (Å²) < 4.78 is 27.6. The maximum atomic E-state index is 14.3. The maximum absolute atomic E-state index is 14.3. The standard InChI is InChI=1S/C27H28F2N4O3/c1-2-33(19-6-4-3-5-7-19)24-21(12-16-8-9-16)31-26(35)22(25(24)34)27(36)32-11-10-17(15-32)23-20(29)13-18(28)14-30-23/h3-7,13-14,16-17H,2,8-12,15H2,1H3,(H2,31,34,35). The van der Waals surface area contributed by atoms with Gasteiger partial charge >= 0.3 is 0 Å². The molecule has 3 heterocycles. The Bertz CT molecular complexity index is 1340. The van der Waals surface area contributed by atoms with E-state index in [1.165, 1.54) is 4.90 Å². The number of hydrogen-bond donors (Lipinski definition) is 2. The van der Waals surface area contributed by atoms with Crippen molar-refractivity contribution in [2.75, 3.05) is 24.5 Å². The number of aromatic hydroxyl groups is 1. The number of rotatable bonds is 7. The number of amides is 1. The number of carbonyl (C=O) groups excluding carboxylic acids is 1. The average molecular weight is 495 g/mol. The quantitative estimate of drug-likeness (QED) is 0.505. The highest BCUT2D eigenvalue weighted by molar-refractivity contribution is 5.99. The molecule has 9 heteroatoms. The Balaban J connectivity index is 1.50. The molecule has 1 aliphatic carbocycles. The third kappa shape index (κ3) is 4.57. The van der Waals surface area contributed by atoms with Crippen molar-refractivity contribution >= 4 is 17.3 Å². The molecule has 1 unspecified atom stereocenters. The number of likely N-dealkylation sites (tertiary alicyclic amines) is 1. The second kappa shape index (κ2) is 9.72. The van der Waals surface area contributed by atoms with Gasteiger partial charge in [-0.15, -0.1) is 0 Å². The molecule has 0 radical (unpaired) electrons. The molecule has 1 aliphatic heterocycles. The van der Waals surface area contributed by atoms with Gasteiger partial charge in [0.15, 0.2) is 5.75 Å². The largest absolute Gasteiger partial charge is 0.505 e. The number of para-hydroxylation sites is 1. The smallest absolute Gasteiger partial charge is 0.264 e. The first-order chi connectivity index (χ1) is 17.4. The van der Waals surface area contributed by atoms with Gasteiger partial charge in [0.2, 0.25) is 0 Å². The molecule has 2 fully saturated rings. The molecule has 5 rings (SSSR count). The molecule has 0 bridgehead atoms. The molecule has 2 aromatic heterocycles.